The molecule has 0 unspecified atom stereocenters. The summed E-state index contributed by atoms with van der Waals surface area (Å²) in [4.78, 5) is 1.97. The molecule has 1 N–H and O–H groups in total. The van der Waals surface area contributed by atoms with Gasteiger partial charge in [-0.1, -0.05) is 19.9 Å². The Balaban J connectivity index is 2.95. The van der Waals surface area contributed by atoms with Crippen LogP contribution in [0.15, 0.2) is 18.2 Å². The average molecular weight is 225 g/mol. The van der Waals surface area contributed by atoms with Crippen LogP contribution in [0.1, 0.15) is 32.3 Å². The van der Waals surface area contributed by atoms with Crippen LogP contribution >= 0.6 is 0 Å². The van der Waals surface area contributed by atoms with Crippen LogP contribution in [0.5, 0.6) is 0 Å². The zero-order valence-corrected chi connectivity index (χ0v) is 10.2. The molecule has 3 heteroatoms. The monoisotopic (exact) mass is 225 g/mol. The van der Waals surface area contributed by atoms with Crippen molar-refractivity contribution in [2.75, 3.05) is 11.9 Å². The van der Waals surface area contributed by atoms with Gasteiger partial charge in [-0.2, -0.15) is 0 Å². The molecule has 0 spiro atoms. The molecular weight excluding hydrogens is 205 g/mol. The van der Waals surface area contributed by atoms with Gasteiger partial charge in [0.25, 0.3) is 0 Å². The fourth-order valence-electron chi connectivity index (χ4n) is 1.97. The Hall–Kier alpha value is -1.09. The molecule has 90 valence electrons. The first-order chi connectivity index (χ1) is 7.63. The van der Waals surface area contributed by atoms with Gasteiger partial charge in [0.1, 0.15) is 5.82 Å². The van der Waals surface area contributed by atoms with Crippen LogP contribution in [-0.4, -0.2) is 18.2 Å². The Morgan fingerprint density at radius 2 is 1.94 bits per heavy atom. The molecule has 1 aromatic rings. The van der Waals surface area contributed by atoms with E-state index >= 15 is 0 Å². The van der Waals surface area contributed by atoms with Crippen molar-refractivity contribution in [2.24, 2.45) is 0 Å². The molecule has 0 bridgehead atoms. The van der Waals surface area contributed by atoms with Crippen LogP contribution in [0.4, 0.5) is 10.1 Å². The van der Waals surface area contributed by atoms with Gasteiger partial charge in [-0.25, -0.2) is 4.39 Å². The lowest BCUT2D eigenvalue weighted by Gasteiger charge is -2.28. The van der Waals surface area contributed by atoms with Crippen LogP contribution < -0.4 is 4.90 Å². The van der Waals surface area contributed by atoms with E-state index in [1.54, 1.807) is 12.1 Å². The standard InChI is InChI=1S/C13H20FNO/c1-4-11(5-2)15(3)13-7-6-10(9-16)8-12(13)14/h6-8,11,16H,4-5,9H2,1-3H3. The van der Waals surface area contributed by atoms with Gasteiger partial charge in [0, 0.05) is 13.1 Å². The van der Waals surface area contributed by atoms with E-state index in [0.29, 0.717) is 17.3 Å². The maximum absolute atomic E-state index is 13.8. The van der Waals surface area contributed by atoms with Crippen LogP contribution in [0, 0.1) is 5.82 Å². The third-order valence-electron chi connectivity index (χ3n) is 3.06. The topological polar surface area (TPSA) is 23.5 Å². The molecule has 0 heterocycles. The lowest BCUT2D eigenvalue weighted by molar-refractivity contribution is 0.281. The maximum Gasteiger partial charge on any atom is 0.146 e. The molecular formula is C13H20FNO. The van der Waals surface area contributed by atoms with E-state index < -0.39 is 0 Å². The van der Waals surface area contributed by atoms with Gasteiger partial charge < -0.3 is 10.0 Å². The Labute approximate surface area is 96.7 Å². The third kappa shape index (κ3) is 2.73. The zero-order valence-electron chi connectivity index (χ0n) is 10.2. The second-order valence-corrected chi connectivity index (χ2v) is 4.03. The minimum absolute atomic E-state index is 0.119. The average Bonchev–Trinajstić information content (AvgIpc) is 2.30. The highest BCUT2D eigenvalue weighted by molar-refractivity contribution is 5.49. The fraction of sp³-hybridized carbons (Fsp3) is 0.538. The van der Waals surface area contributed by atoms with E-state index in [9.17, 15) is 4.39 Å². The summed E-state index contributed by atoms with van der Waals surface area (Å²) in [7, 11) is 1.91. The van der Waals surface area contributed by atoms with E-state index in [1.807, 2.05) is 11.9 Å². The van der Waals surface area contributed by atoms with Gasteiger partial charge in [-0.3, -0.25) is 0 Å². The molecule has 1 aromatic carbocycles. The largest absolute Gasteiger partial charge is 0.392 e. The van der Waals surface area contributed by atoms with Crippen molar-refractivity contribution in [1.82, 2.24) is 0 Å². The van der Waals surface area contributed by atoms with Crippen LogP contribution in [-0.2, 0) is 6.61 Å². The van der Waals surface area contributed by atoms with Gasteiger partial charge >= 0.3 is 0 Å². The van der Waals surface area contributed by atoms with E-state index in [-0.39, 0.29) is 12.4 Å². The molecule has 0 aliphatic heterocycles. The number of halogens is 1. The predicted molar refractivity (Wildman–Crippen MR) is 65.1 cm³/mol. The fourth-order valence-corrected chi connectivity index (χ4v) is 1.97. The normalized spacial score (nSPS) is 10.9. The molecule has 0 saturated heterocycles. The number of aliphatic hydroxyl groups excluding tert-OH is 1. The summed E-state index contributed by atoms with van der Waals surface area (Å²) in [5.41, 5.74) is 1.21. The lowest BCUT2D eigenvalue weighted by atomic mass is 10.1. The Morgan fingerprint density at radius 1 is 1.31 bits per heavy atom. The summed E-state index contributed by atoms with van der Waals surface area (Å²) < 4.78 is 13.8. The van der Waals surface area contributed by atoms with Crippen molar-refractivity contribution in [2.45, 2.75) is 39.3 Å². The SMILES string of the molecule is CCC(CC)N(C)c1ccc(CO)cc1F. The second kappa shape index (κ2) is 5.85. The molecule has 0 atom stereocenters. The summed E-state index contributed by atoms with van der Waals surface area (Å²) in [5, 5.41) is 8.91. The first-order valence-corrected chi connectivity index (χ1v) is 5.76. The predicted octanol–water partition coefficient (Wildman–Crippen LogP) is 2.94. The van der Waals surface area contributed by atoms with E-state index in [2.05, 4.69) is 13.8 Å². The highest BCUT2D eigenvalue weighted by atomic mass is 19.1. The molecule has 16 heavy (non-hydrogen) atoms. The van der Waals surface area contributed by atoms with E-state index in [4.69, 9.17) is 5.11 Å². The van der Waals surface area contributed by atoms with Crippen LogP contribution in [0.2, 0.25) is 0 Å². The molecule has 0 saturated carbocycles. The van der Waals surface area contributed by atoms with Gasteiger partial charge in [0.15, 0.2) is 0 Å². The molecule has 0 aliphatic rings. The summed E-state index contributed by atoms with van der Waals surface area (Å²) in [6.07, 6.45) is 1.99. The van der Waals surface area contributed by atoms with Gasteiger partial charge in [-0.05, 0) is 30.5 Å². The number of nitrogens with zero attached hydrogens (tertiary/aromatic N) is 1. The third-order valence-corrected chi connectivity index (χ3v) is 3.06. The Kier molecular flexibility index (Phi) is 4.74. The minimum atomic E-state index is -0.263. The molecule has 1 rings (SSSR count). The molecule has 0 aliphatic carbocycles. The molecule has 2 nitrogen and oxygen atoms in total. The lowest BCUT2D eigenvalue weighted by Crippen LogP contribution is -2.31. The van der Waals surface area contributed by atoms with Gasteiger partial charge in [0.2, 0.25) is 0 Å². The van der Waals surface area contributed by atoms with Crippen molar-refractivity contribution >= 4 is 5.69 Å². The summed E-state index contributed by atoms with van der Waals surface area (Å²) in [6, 6.07) is 5.25. The molecule has 0 aromatic heterocycles. The number of aliphatic hydroxyl groups is 1. The summed E-state index contributed by atoms with van der Waals surface area (Å²) in [5.74, 6) is -0.263. The van der Waals surface area contributed by atoms with Crippen molar-refractivity contribution < 1.29 is 9.50 Å². The molecule has 0 fully saturated rings. The van der Waals surface area contributed by atoms with Gasteiger partial charge in [0.05, 0.1) is 12.3 Å². The van der Waals surface area contributed by atoms with Gasteiger partial charge in [-0.15, -0.1) is 0 Å². The Bertz CT molecular complexity index is 337. The number of rotatable bonds is 5. The Morgan fingerprint density at radius 3 is 2.38 bits per heavy atom. The van der Waals surface area contributed by atoms with Crippen molar-refractivity contribution in [3.05, 3.63) is 29.6 Å². The number of benzene rings is 1. The van der Waals surface area contributed by atoms with E-state index in [0.717, 1.165) is 12.8 Å². The first kappa shape index (κ1) is 13.0. The van der Waals surface area contributed by atoms with Crippen LogP contribution in [0.3, 0.4) is 0 Å². The highest BCUT2D eigenvalue weighted by Crippen LogP contribution is 2.23. The van der Waals surface area contributed by atoms with Crippen molar-refractivity contribution in [3.63, 3.8) is 0 Å². The number of hydrogen-bond donors (Lipinski definition) is 1. The van der Waals surface area contributed by atoms with Crippen molar-refractivity contribution in [1.29, 1.82) is 0 Å². The van der Waals surface area contributed by atoms with Crippen LogP contribution in [0.25, 0.3) is 0 Å². The maximum atomic E-state index is 13.8. The number of hydrogen-bond acceptors (Lipinski definition) is 2. The smallest absolute Gasteiger partial charge is 0.146 e. The second-order valence-electron chi connectivity index (χ2n) is 4.03. The zero-order chi connectivity index (χ0) is 12.1. The van der Waals surface area contributed by atoms with Crippen molar-refractivity contribution in [3.8, 4) is 0 Å². The quantitative estimate of drug-likeness (QED) is 0.832. The summed E-state index contributed by atoms with van der Waals surface area (Å²) >= 11 is 0. The summed E-state index contributed by atoms with van der Waals surface area (Å²) in [6.45, 7) is 4.08. The number of anilines is 1. The molecule has 0 radical (unpaired) electrons. The first-order valence-electron chi connectivity index (χ1n) is 5.76. The van der Waals surface area contributed by atoms with E-state index in [1.165, 1.54) is 6.07 Å². The minimum Gasteiger partial charge on any atom is -0.392 e. The highest BCUT2D eigenvalue weighted by Gasteiger charge is 2.14. The molecule has 0 amide bonds.